The third-order valence-electron chi connectivity index (χ3n) is 3.46. The fraction of sp³-hybridized carbons (Fsp3) is 0.188. The number of rotatable bonds is 1. The third-order valence-corrected chi connectivity index (χ3v) is 3.46. The van der Waals surface area contributed by atoms with E-state index in [4.69, 9.17) is 0 Å². The van der Waals surface area contributed by atoms with E-state index in [2.05, 4.69) is 61.9 Å². The molecule has 1 heteroatoms. The molecule has 1 aliphatic carbocycles. The largest absolute Gasteiger partial charge is 1.00 e. The van der Waals surface area contributed by atoms with Gasteiger partial charge in [0.2, 0.25) is 0 Å². The van der Waals surface area contributed by atoms with Gasteiger partial charge in [-0.15, -0.1) is 40.8 Å². The first-order valence-corrected chi connectivity index (χ1v) is 5.92. The van der Waals surface area contributed by atoms with Gasteiger partial charge in [0.1, 0.15) is 0 Å². The molecule has 0 N–H and O–H groups in total. The molecular weight excluding hydrogens is 199 g/mol. The van der Waals surface area contributed by atoms with Crippen molar-refractivity contribution in [3.05, 3.63) is 77.2 Å². The molecule has 0 bridgehead atoms. The molecule has 0 saturated heterocycles. The predicted molar refractivity (Wildman–Crippen MR) is 67.5 cm³/mol. The molecule has 0 radical (unpaired) electrons. The van der Waals surface area contributed by atoms with E-state index in [0.29, 0.717) is 5.92 Å². The Morgan fingerprint density at radius 3 is 1.82 bits per heavy atom. The Balaban J connectivity index is 0.00000108. The van der Waals surface area contributed by atoms with Crippen LogP contribution in [0, 0.1) is 6.42 Å². The van der Waals surface area contributed by atoms with Crippen molar-refractivity contribution < 1.29 is 18.9 Å². The van der Waals surface area contributed by atoms with Crippen LogP contribution in [-0.4, -0.2) is 0 Å². The van der Waals surface area contributed by atoms with Gasteiger partial charge < -0.3 is 0 Å². The molecule has 0 unspecified atom stereocenters. The first-order chi connectivity index (χ1) is 7.90. The van der Waals surface area contributed by atoms with E-state index in [0.717, 1.165) is 0 Å². The minimum Gasteiger partial charge on any atom is -0.126 e. The van der Waals surface area contributed by atoms with E-state index in [1.807, 2.05) is 0 Å². The summed E-state index contributed by atoms with van der Waals surface area (Å²) >= 11 is 0. The van der Waals surface area contributed by atoms with Gasteiger partial charge in [0.25, 0.3) is 0 Å². The first kappa shape index (κ1) is 12.4. The van der Waals surface area contributed by atoms with Crippen molar-refractivity contribution in [2.75, 3.05) is 0 Å². The van der Waals surface area contributed by atoms with Crippen LogP contribution in [0.1, 0.15) is 41.5 Å². The Bertz CT molecular complexity index is 471. The predicted octanol–water partition coefficient (Wildman–Crippen LogP) is 1.15. The van der Waals surface area contributed by atoms with Crippen molar-refractivity contribution in [1.29, 1.82) is 0 Å². The first-order valence-electron chi connectivity index (χ1n) is 5.92. The summed E-state index contributed by atoms with van der Waals surface area (Å²) in [6.07, 6.45) is 3.47. The van der Waals surface area contributed by atoms with E-state index < -0.39 is 0 Å². The molecule has 2 aromatic carbocycles. The standard InChI is InChI=1S/C16H15.Li/c1-2-14-15-9-5-3-7-12(15)11-13-8-4-6-10-16(13)14;/h3-11,14H,2H2,1H3;/q-1;+1. The molecule has 2 aromatic rings. The summed E-state index contributed by atoms with van der Waals surface area (Å²) in [7, 11) is 0. The zero-order valence-corrected chi connectivity index (χ0v) is 10.5. The molecule has 17 heavy (non-hydrogen) atoms. The quantitative estimate of drug-likeness (QED) is 0.493. The molecule has 0 atom stereocenters. The Kier molecular flexibility index (Phi) is 3.67. The zero-order chi connectivity index (χ0) is 11.0. The maximum absolute atomic E-state index is 2.30. The van der Waals surface area contributed by atoms with Gasteiger partial charge in [-0.2, -0.15) is 0 Å². The molecule has 80 valence electrons. The molecule has 0 nitrogen and oxygen atoms in total. The number of hydrogen-bond donors (Lipinski definition) is 0. The Morgan fingerprint density at radius 2 is 1.35 bits per heavy atom. The Morgan fingerprint density at radius 1 is 0.882 bits per heavy atom. The van der Waals surface area contributed by atoms with Gasteiger partial charge in [0, 0.05) is 0 Å². The molecule has 0 aliphatic heterocycles. The maximum Gasteiger partial charge on any atom is 1.00 e. The van der Waals surface area contributed by atoms with Gasteiger partial charge in [0.15, 0.2) is 0 Å². The van der Waals surface area contributed by atoms with Crippen molar-refractivity contribution in [2.45, 2.75) is 19.3 Å². The summed E-state index contributed by atoms with van der Waals surface area (Å²) in [6.45, 7) is 2.27. The Hall–Kier alpha value is -1.09. The zero-order valence-electron chi connectivity index (χ0n) is 10.5. The molecule has 1 aliphatic rings. The summed E-state index contributed by atoms with van der Waals surface area (Å²) < 4.78 is 0. The topological polar surface area (TPSA) is 0 Å². The number of fused-ring (bicyclic) bond motifs is 2. The van der Waals surface area contributed by atoms with Gasteiger partial charge >= 0.3 is 18.9 Å². The van der Waals surface area contributed by atoms with Crippen LogP contribution in [0.4, 0.5) is 0 Å². The van der Waals surface area contributed by atoms with Gasteiger partial charge in [-0.1, -0.05) is 49.7 Å². The van der Waals surface area contributed by atoms with Crippen molar-refractivity contribution >= 4 is 0 Å². The molecule has 0 saturated carbocycles. The van der Waals surface area contributed by atoms with Gasteiger partial charge in [-0.05, 0) is 5.92 Å². The van der Waals surface area contributed by atoms with Crippen LogP contribution in [0.25, 0.3) is 0 Å². The average Bonchev–Trinajstić information content (AvgIpc) is 2.36. The molecule has 0 amide bonds. The fourth-order valence-corrected chi connectivity index (χ4v) is 2.69. The van der Waals surface area contributed by atoms with E-state index in [-0.39, 0.29) is 18.9 Å². The third kappa shape index (κ3) is 2.04. The summed E-state index contributed by atoms with van der Waals surface area (Å²) in [5, 5.41) is 0. The van der Waals surface area contributed by atoms with Crippen LogP contribution >= 0.6 is 0 Å². The minimum atomic E-state index is 0. The summed E-state index contributed by atoms with van der Waals surface area (Å²) in [4.78, 5) is 0. The summed E-state index contributed by atoms with van der Waals surface area (Å²) in [5.74, 6) is 0.567. The Labute approximate surface area is 115 Å². The summed E-state index contributed by atoms with van der Waals surface area (Å²) in [6, 6.07) is 17.5. The van der Waals surface area contributed by atoms with Gasteiger partial charge in [-0.3, -0.25) is 0 Å². The maximum atomic E-state index is 2.30. The van der Waals surface area contributed by atoms with E-state index in [1.54, 1.807) is 0 Å². The van der Waals surface area contributed by atoms with Crippen LogP contribution in [0.3, 0.4) is 0 Å². The van der Waals surface area contributed by atoms with E-state index in [9.17, 15) is 0 Å². The van der Waals surface area contributed by atoms with Crippen molar-refractivity contribution in [2.24, 2.45) is 0 Å². The molecule has 3 rings (SSSR count). The summed E-state index contributed by atoms with van der Waals surface area (Å²) in [5.41, 5.74) is 5.72. The second-order valence-electron chi connectivity index (χ2n) is 4.36. The van der Waals surface area contributed by atoms with Crippen molar-refractivity contribution in [3.8, 4) is 0 Å². The fourth-order valence-electron chi connectivity index (χ4n) is 2.69. The molecular formula is C16H15Li. The molecule has 0 aromatic heterocycles. The number of benzene rings is 2. The van der Waals surface area contributed by atoms with E-state index >= 15 is 0 Å². The van der Waals surface area contributed by atoms with Gasteiger partial charge in [-0.25, -0.2) is 0 Å². The van der Waals surface area contributed by atoms with Crippen LogP contribution in [0.2, 0.25) is 0 Å². The second kappa shape index (κ2) is 5.04. The monoisotopic (exact) mass is 214 g/mol. The molecule has 0 spiro atoms. The van der Waals surface area contributed by atoms with Crippen molar-refractivity contribution in [3.63, 3.8) is 0 Å². The van der Waals surface area contributed by atoms with Crippen molar-refractivity contribution in [1.82, 2.24) is 0 Å². The molecule has 0 fully saturated rings. The van der Waals surface area contributed by atoms with Crippen LogP contribution in [0.15, 0.2) is 48.5 Å². The second-order valence-corrected chi connectivity index (χ2v) is 4.36. The van der Waals surface area contributed by atoms with Crippen LogP contribution in [-0.2, 0) is 0 Å². The normalized spacial score (nSPS) is 13.0. The average molecular weight is 214 g/mol. The molecule has 0 heterocycles. The number of hydrogen-bond acceptors (Lipinski definition) is 0. The van der Waals surface area contributed by atoms with Crippen LogP contribution < -0.4 is 18.9 Å². The SMILES string of the molecule is CCC1c2ccccc2[CH-]c2ccccc21.[Li+]. The minimum absolute atomic E-state index is 0. The smallest absolute Gasteiger partial charge is 0.126 e. The van der Waals surface area contributed by atoms with Gasteiger partial charge in [0.05, 0.1) is 0 Å². The van der Waals surface area contributed by atoms with E-state index in [1.165, 1.54) is 28.7 Å². The van der Waals surface area contributed by atoms with Crippen LogP contribution in [0.5, 0.6) is 0 Å².